The Hall–Kier alpha value is -0.760. The average Bonchev–Trinajstić information content (AvgIpc) is 2.68. The molecular weight excluding hydrogens is 331 g/mol. The Morgan fingerprint density at radius 2 is 2.35 bits per heavy atom. The molecule has 0 aromatic carbocycles. The highest BCUT2D eigenvalue weighted by molar-refractivity contribution is 14.1. The van der Waals surface area contributed by atoms with E-state index in [4.69, 9.17) is 4.74 Å². The van der Waals surface area contributed by atoms with Gasteiger partial charge >= 0.3 is 0 Å². The number of aryl methyl sites for hydroxylation is 1. The van der Waals surface area contributed by atoms with Crippen LogP contribution in [0.1, 0.15) is 31.2 Å². The minimum atomic E-state index is 0.0202. The van der Waals surface area contributed by atoms with Crippen LogP contribution in [0.2, 0.25) is 0 Å². The van der Waals surface area contributed by atoms with E-state index in [1.807, 2.05) is 11.6 Å². The summed E-state index contributed by atoms with van der Waals surface area (Å²) < 4.78 is 8.51. The van der Waals surface area contributed by atoms with Crippen LogP contribution < -0.4 is 0 Å². The lowest BCUT2D eigenvalue weighted by molar-refractivity contribution is -0.0372. The highest BCUT2D eigenvalue weighted by Crippen LogP contribution is 2.26. The van der Waals surface area contributed by atoms with Crippen molar-refractivity contribution in [1.29, 1.82) is 0 Å². The molecule has 1 atom stereocenters. The van der Waals surface area contributed by atoms with Gasteiger partial charge < -0.3 is 4.74 Å². The normalized spacial score (nSPS) is 20.9. The topological polar surface area (TPSA) is 52.8 Å². The zero-order chi connectivity index (χ0) is 11.8. The zero-order valence-corrected chi connectivity index (χ0v) is 11.7. The first-order valence-electron chi connectivity index (χ1n) is 5.74. The number of fused-ring (bicyclic) bond motifs is 1. The molecular formula is C11H13IN4O. The van der Waals surface area contributed by atoms with Gasteiger partial charge in [0.2, 0.25) is 0 Å². The van der Waals surface area contributed by atoms with Crippen molar-refractivity contribution < 1.29 is 4.74 Å². The Bertz CT molecular complexity index is 548. The minimum Gasteiger partial charge on any atom is -0.356 e. The molecule has 1 aliphatic heterocycles. The van der Waals surface area contributed by atoms with Gasteiger partial charge in [0.05, 0.1) is 11.9 Å². The van der Waals surface area contributed by atoms with E-state index in [1.165, 1.54) is 6.42 Å². The quantitative estimate of drug-likeness (QED) is 0.746. The van der Waals surface area contributed by atoms with E-state index in [-0.39, 0.29) is 6.23 Å². The number of halogens is 1. The SMILES string of the molecule is Cc1cnc2c(n1)c(I)nn2[C@@H]1CCCCO1. The van der Waals surface area contributed by atoms with Gasteiger partial charge in [-0.05, 0) is 48.8 Å². The Morgan fingerprint density at radius 3 is 3.12 bits per heavy atom. The smallest absolute Gasteiger partial charge is 0.180 e. The van der Waals surface area contributed by atoms with Crippen LogP contribution in [0.25, 0.3) is 11.2 Å². The number of aromatic nitrogens is 4. The van der Waals surface area contributed by atoms with E-state index >= 15 is 0 Å². The summed E-state index contributed by atoms with van der Waals surface area (Å²) in [5, 5.41) is 4.51. The predicted octanol–water partition coefficient (Wildman–Crippen LogP) is 2.44. The fraction of sp³-hybridized carbons (Fsp3) is 0.545. The molecule has 3 rings (SSSR count). The van der Waals surface area contributed by atoms with Crippen LogP contribution in [0, 0.1) is 10.6 Å². The van der Waals surface area contributed by atoms with Crippen LogP contribution in [0.3, 0.4) is 0 Å². The fourth-order valence-corrected chi connectivity index (χ4v) is 2.68. The van der Waals surface area contributed by atoms with Crippen molar-refractivity contribution >= 4 is 33.8 Å². The summed E-state index contributed by atoms with van der Waals surface area (Å²) >= 11 is 2.20. The molecule has 3 heterocycles. The van der Waals surface area contributed by atoms with Crippen LogP contribution in [-0.4, -0.2) is 26.4 Å². The first-order valence-corrected chi connectivity index (χ1v) is 6.82. The van der Waals surface area contributed by atoms with Gasteiger partial charge in [0.15, 0.2) is 15.6 Å². The minimum absolute atomic E-state index is 0.0202. The second kappa shape index (κ2) is 4.49. The van der Waals surface area contributed by atoms with Crippen molar-refractivity contribution in [3.63, 3.8) is 0 Å². The Morgan fingerprint density at radius 1 is 1.47 bits per heavy atom. The maximum Gasteiger partial charge on any atom is 0.180 e. The summed E-state index contributed by atoms with van der Waals surface area (Å²) in [6, 6.07) is 0. The van der Waals surface area contributed by atoms with E-state index in [2.05, 4.69) is 37.7 Å². The van der Waals surface area contributed by atoms with Gasteiger partial charge in [-0.15, -0.1) is 0 Å². The van der Waals surface area contributed by atoms with Gasteiger partial charge in [-0.1, -0.05) is 0 Å². The summed E-state index contributed by atoms with van der Waals surface area (Å²) in [5.74, 6) is 0. The molecule has 1 fully saturated rings. The standard InChI is InChI=1S/C11H13IN4O/c1-7-6-13-11-9(14-7)10(12)15-16(11)8-4-2-3-5-17-8/h6,8H,2-5H2,1H3/t8-/m0/s1. The molecule has 0 saturated carbocycles. The Balaban J connectivity index is 2.10. The molecule has 0 amide bonds. The van der Waals surface area contributed by atoms with Gasteiger partial charge in [-0.2, -0.15) is 5.10 Å². The molecule has 2 aromatic heterocycles. The average molecular weight is 344 g/mol. The molecule has 5 nitrogen and oxygen atoms in total. The molecule has 0 N–H and O–H groups in total. The van der Waals surface area contributed by atoms with Gasteiger partial charge in [-0.3, -0.25) is 0 Å². The number of hydrogen-bond donors (Lipinski definition) is 0. The monoisotopic (exact) mass is 344 g/mol. The molecule has 0 unspecified atom stereocenters. The number of nitrogens with zero attached hydrogens (tertiary/aromatic N) is 4. The van der Waals surface area contributed by atoms with E-state index in [0.717, 1.165) is 40.0 Å². The molecule has 0 spiro atoms. The third-order valence-electron chi connectivity index (χ3n) is 2.91. The summed E-state index contributed by atoms with van der Waals surface area (Å²) in [6.45, 7) is 2.75. The van der Waals surface area contributed by atoms with E-state index in [0.29, 0.717) is 0 Å². The molecule has 90 valence electrons. The van der Waals surface area contributed by atoms with E-state index in [1.54, 1.807) is 6.20 Å². The zero-order valence-electron chi connectivity index (χ0n) is 9.56. The van der Waals surface area contributed by atoms with Gasteiger partial charge in [-0.25, -0.2) is 14.6 Å². The molecule has 0 radical (unpaired) electrons. The Labute approximate surface area is 113 Å². The second-order valence-electron chi connectivity index (χ2n) is 4.24. The molecule has 0 aliphatic carbocycles. The summed E-state index contributed by atoms with van der Waals surface area (Å²) in [4.78, 5) is 8.91. The highest BCUT2D eigenvalue weighted by Gasteiger charge is 2.21. The lowest BCUT2D eigenvalue weighted by Crippen LogP contribution is -2.19. The summed E-state index contributed by atoms with van der Waals surface area (Å²) in [5.41, 5.74) is 2.62. The first-order chi connectivity index (χ1) is 8.25. The molecule has 6 heteroatoms. The van der Waals surface area contributed by atoms with Crippen molar-refractivity contribution in [2.75, 3.05) is 6.61 Å². The van der Waals surface area contributed by atoms with Crippen molar-refractivity contribution in [3.8, 4) is 0 Å². The third kappa shape index (κ3) is 2.03. The molecule has 1 saturated heterocycles. The maximum absolute atomic E-state index is 5.75. The first kappa shape index (κ1) is 11.3. The van der Waals surface area contributed by atoms with Crippen LogP contribution in [0.4, 0.5) is 0 Å². The molecule has 2 aromatic rings. The van der Waals surface area contributed by atoms with Crippen LogP contribution in [-0.2, 0) is 4.74 Å². The van der Waals surface area contributed by atoms with Gasteiger partial charge in [0, 0.05) is 6.61 Å². The predicted molar refractivity (Wildman–Crippen MR) is 71.6 cm³/mol. The van der Waals surface area contributed by atoms with Crippen LogP contribution in [0.15, 0.2) is 6.20 Å². The third-order valence-corrected chi connectivity index (χ3v) is 3.64. The number of ether oxygens (including phenoxy) is 1. The van der Waals surface area contributed by atoms with E-state index in [9.17, 15) is 0 Å². The number of rotatable bonds is 1. The lowest BCUT2D eigenvalue weighted by atomic mass is 10.2. The highest BCUT2D eigenvalue weighted by atomic mass is 127. The van der Waals surface area contributed by atoms with Crippen LogP contribution in [0.5, 0.6) is 0 Å². The van der Waals surface area contributed by atoms with Crippen LogP contribution >= 0.6 is 22.6 Å². The van der Waals surface area contributed by atoms with Gasteiger partial charge in [0.25, 0.3) is 0 Å². The lowest BCUT2D eigenvalue weighted by Gasteiger charge is -2.22. The van der Waals surface area contributed by atoms with E-state index < -0.39 is 0 Å². The van der Waals surface area contributed by atoms with Crippen molar-refractivity contribution in [2.24, 2.45) is 0 Å². The van der Waals surface area contributed by atoms with Crippen molar-refractivity contribution in [1.82, 2.24) is 19.7 Å². The Kier molecular flexibility index (Phi) is 2.99. The molecule has 0 bridgehead atoms. The molecule has 1 aliphatic rings. The number of hydrogen-bond acceptors (Lipinski definition) is 4. The van der Waals surface area contributed by atoms with Crippen molar-refractivity contribution in [2.45, 2.75) is 32.4 Å². The molecule has 17 heavy (non-hydrogen) atoms. The second-order valence-corrected chi connectivity index (χ2v) is 5.26. The largest absolute Gasteiger partial charge is 0.356 e. The summed E-state index contributed by atoms with van der Waals surface area (Å²) in [6.07, 6.45) is 5.12. The fourth-order valence-electron chi connectivity index (χ4n) is 2.08. The summed E-state index contributed by atoms with van der Waals surface area (Å²) in [7, 11) is 0. The van der Waals surface area contributed by atoms with Crippen molar-refractivity contribution in [3.05, 3.63) is 15.6 Å². The maximum atomic E-state index is 5.75. The van der Waals surface area contributed by atoms with Gasteiger partial charge in [0.1, 0.15) is 5.52 Å².